The molecule has 0 aliphatic rings. The summed E-state index contributed by atoms with van der Waals surface area (Å²) in [7, 11) is 1.55. The van der Waals surface area contributed by atoms with Gasteiger partial charge in [-0.15, -0.1) is 0 Å². The van der Waals surface area contributed by atoms with Crippen molar-refractivity contribution in [1.82, 2.24) is 5.32 Å². The molecule has 2 N–H and O–H groups in total. The van der Waals surface area contributed by atoms with E-state index in [-0.39, 0.29) is 12.5 Å². The van der Waals surface area contributed by atoms with Crippen molar-refractivity contribution in [2.45, 2.75) is 6.42 Å². The molecular weight excluding hydrogens is 106 g/mol. The van der Waals surface area contributed by atoms with Crippen LogP contribution in [0, 0.1) is 6.42 Å². The Morgan fingerprint density at radius 2 is 2.50 bits per heavy atom. The van der Waals surface area contributed by atoms with Crippen molar-refractivity contribution in [2.75, 3.05) is 13.7 Å². The summed E-state index contributed by atoms with van der Waals surface area (Å²) in [4.78, 5) is 10.3. The van der Waals surface area contributed by atoms with Gasteiger partial charge in [0.05, 0.1) is 6.42 Å². The van der Waals surface area contributed by atoms with Gasteiger partial charge in [-0.25, -0.2) is 0 Å². The maximum atomic E-state index is 10.3. The number of rotatable bonds is 3. The van der Waals surface area contributed by atoms with Gasteiger partial charge in [0.2, 0.25) is 5.91 Å². The molecule has 8 heavy (non-hydrogen) atoms. The van der Waals surface area contributed by atoms with E-state index in [1.165, 1.54) is 6.42 Å². The van der Waals surface area contributed by atoms with Crippen LogP contribution in [0.5, 0.6) is 0 Å². The molecule has 3 nitrogen and oxygen atoms in total. The number of amides is 1. The Hall–Kier alpha value is -0.570. The standard InChI is InChI=1S/C5H10NO2/c1-6-5(8)3-2-4-7/h3,7H,2,4H2,1H3,(H,6,8). The highest BCUT2D eigenvalue weighted by Gasteiger charge is 1.94. The Bertz CT molecular complexity index is 72.8. The first kappa shape index (κ1) is 7.43. The molecule has 3 heteroatoms. The lowest BCUT2D eigenvalue weighted by Crippen LogP contribution is -2.18. The van der Waals surface area contributed by atoms with Crippen molar-refractivity contribution in [3.8, 4) is 0 Å². The van der Waals surface area contributed by atoms with Crippen molar-refractivity contribution in [3.05, 3.63) is 6.42 Å². The van der Waals surface area contributed by atoms with Crippen molar-refractivity contribution < 1.29 is 9.90 Å². The topological polar surface area (TPSA) is 49.3 Å². The minimum Gasteiger partial charge on any atom is -0.396 e. The zero-order valence-corrected chi connectivity index (χ0v) is 4.85. The molecule has 0 fully saturated rings. The molecule has 0 unspecified atom stereocenters. The summed E-state index contributed by atoms with van der Waals surface area (Å²) in [6, 6.07) is 0. The third kappa shape index (κ3) is 3.61. The van der Waals surface area contributed by atoms with Crippen LogP contribution < -0.4 is 5.32 Å². The van der Waals surface area contributed by atoms with E-state index in [4.69, 9.17) is 5.11 Å². The van der Waals surface area contributed by atoms with Gasteiger partial charge in [-0.1, -0.05) is 0 Å². The third-order valence-electron chi connectivity index (χ3n) is 0.705. The van der Waals surface area contributed by atoms with Gasteiger partial charge < -0.3 is 10.4 Å². The van der Waals surface area contributed by atoms with Gasteiger partial charge in [-0.3, -0.25) is 4.79 Å². The molecule has 0 aromatic carbocycles. The SMILES string of the molecule is CNC(=O)[CH]CCO. The lowest BCUT2D eigenvalue weighted by molar-refractivity contribution is -0.117. The predicted octanol–water partition coefficient (Wildman–Crippen LogP) is -0.681. The van der Waals surface area contributed by atoms with E-state index in [2.05, 4.69) is 5.32 Å². The second-order valence-corrected chi connectivity index (χ2v) is 1.33. The number of aliphatic hydroxyl groups is 1. The Morgan fingerprint density at radius 1 is 1.88 bits per heavy atom. The van der Waals surface area contributed by atoms with Crippen LogP contribution in [-0.4, -0.2) is 24.7 Å². The van der Waals surface area contributed by atoms with Crippen molar-refractivity contribution >= 4 is 5.91 Å². The summed E-state index contributed by atoms with van der Waals surface area (Å²) < 4.78 is 0. The summed E-state index contributed by atoms with van der Waals surface area (Å²) in [6.45, 7) is 0.0351. The zero-order chi connectivity index (χ0) is 6.41. The molecule has 0 rings (SSSR count). The maximum absolute atomic E-state index is 10.3. The lowest BCUT2D eigenvalue weighted by atomic mass is 10.3. The van der Waals surface area contributed by atoms with E-state index in [1.54, 1.807) is 7.05 Å². The highest BCUT2D eigenvalue weighted by molar-refractivity contribution is 5.84. The van der Waals surface area contributed by atoms with Crippen LogP contribution in [0.4, 0.5) is 0 Å². The molecule has 0 saturated carbocycles. The third-order valence-corrected chi connectivity index (χ3v) is 0.705. The largest absolute Gasteiger partial charge is 0.396 e. The number of nitrogens with one attached hydrogen (secondary N) is 1. The smallest absolute Gasteiger partial charge is 0.223 e. The van der Waals surface area contributed by atoms with Crippen LogP contribution in [-0.2, 0) is 4.79 Å². The van der Waals surface area contributed by atoms with E-state index >= 15 is 0 Å². The average molecular weight is 116 g/mol. The van der Waals surface area contributed by atoms with E-state index in [0.29, 0.717) is 6.42 Å². The van der Waals surface area contributed by atoms with E-state index in [9.17, 15) is 4.79 Å². The van der Waals surface area contributed by atoms with Gasteiger partial charge in [-0.2, -0.15) is 0 Å². The number of aliphatic hydroxyl groups excluding tert-OH is 1. The molecular formula is C5H10NO2. The van der Waals surface area contributed by atoms with Gasteiger partial charge in [0.1, 0.15) is 0 Å². The van der Waals surface area contributed by atoms with Crippen molar-refractivity contribution in [1.29, 1.82) is 0 Å². The van der Waals surface area contributed by atoms with E-state index in [1.807, 2.05) is 0 Å². The van der Waals surface area contributed by atoms with Gasteiger partial charge in [0.25, 0.3) is 0 Å². The fourth-order valence-electron chi connectivity index (χ4n) is 0.298. The Balaban J connectivity index is 2.99. The molecule has 0 spiro atoms. The molecule has 1 amide bonds. The fourth-order valence-corrected chi connectivity index (χ4v) is 0.298. The number of carbonyl (C=O) groups excluding carboxylic acids is 1. The molecule has 0 aromatic rings. The second-order valence-electron chi connectivity index (χ2n) is 1.33. The maximum Gasteiger partial charge on any atom is 0.223 e. The summed E-state index contributed by atoms with van der Waals surface area (Å²) >= 11 is 0. The van der Waals surface area contributed by atoms with Gasteiger partial charge in [0, 0.05) is 13.7 Å². The Kier molecular flexibility index (Phi) is 4.26. The number of carbonyl (C=O) groups is 1. The molecule has 0 heterocycles. The Labute approximate surface area is 48.7 Å². The molecule has 0 bridgehead atoms. The highest BCUT2D eigenvalue weighted by Crippen LogP contribution is 1.81. The molecule has 1 radical (unpaired) electrons. The number of hydrogen-bond acceptors (Lipinski definition) is 2. The van der Waals surface area contributed by atoms with Crippen LogP contribution in [0.2, 0.25) is 0 Å². The van der Waals surface area contributed by atoms with Gasteiger partial charge in [-0.05, 0) is 6.42 Å². The normalized spacial score (nSPS) is 8.75. The molecule has 0 saturated heterocycles. The van der Waals surface area contributed by atoms with Crippen LogP contribution >= 0.6 is 0 Å². The molecule has 47 valence electrons. The van der Waals surface area contributed by atoms with Crippen molar-refractivity contribution in [3.63, 3.8) is 0 Å². The van der Waals surface area contributed by atoms with Gasteiger partial charge >= 0.3 is 0 Å². The van der Waals surface area contributed by atoms with Crippen LogP contribution in [0.15, 0.2) is 0 Å². The average Bonchev–Trinajstić information content (AvgIpc) is 1.83. The van der Waals surface area contributed by atoms with Gasteiger partial charge in [0.15, 0.2) is 0 Å². The lowest BCUT2D eigenvalue weighted by Gasteiger charge is -1.93. The summed E-state index contributed by atoms with van der Waals surface area (Å²) in [5, 5.41) is 10.6. The van der Waals surface area contributed by atoms with Crippen LogP contribution in [0.3, 0.4) is 0 Å². The minimum absolute atomic E-state index is 0.0351. The molecule has 0 atom stereocenters. The van der Waals surface area contributed by atoms with E-state index < -0.39 is 0 Å². The zero-order valence-electron chi connectivity index (χ0n) is 4.85. The van der Waals surface area contributed by atoms with Crippen molar-refractivity contribution in [2.24, 2.45) is 0 Å². The number of hydrogen-bond donors (Lipinski definition) is 2. The van der Waals surface area contributed by atoms with Crippen LogP contribution in [0.25, 0.3) is 0 Å². The summed E-state index contributed by atoms with van der Waals surface area (Å²) in [5.41, 5.74) is 0. The quantitative estimate of drug-likeness (QED) is 0.513. The predicted molar refractivity (Wildman–Crippen MR) is 30.1 cm³/mol. The Morgan fingerprint density at radius 3 is 2.88 bits per heavy atom. The highest BCUT2D eigenvalue weighted by atomic mass is 16.3. The first-order chi connectivity index (χ1) is 3.81. The first-order valence-electron chi connectivity index (χ1n) is 2.47. The van der Waals surface area contributed by atoms with E-state index in [0.717, 1.165) is 0 Å². The fraction of sp³-hybridized carbons (Fsp3) is 0.600. The second kappa shape index (κ2) is 4.59. The molecule has 0 aliphatic heterocycles. The summed E-state index contributed by atoms with van der Waals surface area (Å²) in [5.74, 6) is -0.140. The minimum atomic E-state index is -0.140. The first-order valence-corrected chi connectivity index (χ1v) is 2.47. The summed E-state index contributed by atoms with van der Waals surface area (Å²) in [6.07, 6.45) is 1.83. The van der Waals surface area contributed by atoms with Crippen LogP contribution in [0.1, 0.15) is 6.42 Å². The molecule has 0 aliphatic carbocycles. The molecule has 0 aromatic heterocycles. The monoisotopic (exact) mass is 116 g/mol.